The van der Waals surface area contributed by atoms with Crippen LogP contribution in [0.4, 0.5) is 0 Å². The Hall–Kier alpha value is -0.860. The van der Waals surface area contributed by atoms with E-state index in [1.54, 1.807) is 0 Å². The largest absolute Gasteiger partial charge is 0.396 e. The van der Waals surface area contributed by atoms with Gasteiger partial charge in [0.1, 0.15) is 0 Å². The van der Waals surface area contributed by atoms with Gasteiger partial charge in [-0.2, -0.15) is 0 Å². The number of hydrogen-bond acceptors (Lipinski definition) is 2. The van der Waals surface area contributed by atoms with E-state index in [9.17, 15) is 5.11 Å². The standard InChI is InChI=1S/C14H22O2/c1-3-4-14(16)13-7-5-12(6-8-13)11(2)9-10-15/h5-8,11,14-16H,3-4,9-10H2,1-2H3. The van der Waals surface area contributed by atoms with Crippen molar-refractivity contribution in [2.75, 3.05) is 6.61 Å². The lowest BCUT2D eigenvalue weighted by Gasteiger charge is -2.13. The minimum atomic E-state index is -0.341. The highest BCUT2D eigenvalue weighted by molar-refractivity contribution is 5.26. The van der Waals surface area contributed by atoms with Gasteiger partial charge in [0.2, 0.25) is 0 Å². The van der Waals surface area contributed by atoms with Gasteiger partial charge in [-0.1, -0.05) is 44.5 Å². The average Bonchev–Trinajstić information content (AvgIpc) is 2.30. The minimum absolute atomic E-state index is 0.224. The van der Waals surface area contributed by atoms with Crippen molar-refractivity contribution >= 4 is 0 Å². The second-order valence-electron chi connectivity index (χ2n) is 4.38. The maximum Gasteiger partial charge on any atom is 0.0790 e. The molecule has 1 aromatic rings. The highest BCUT2D eigenvalue weighted by atomic mass is 16.3. The van der Waals surface area contributed by atoms with Crippen LogP contribution in [-0.4, -0.2) is 16.8 Å². The van der Waals surface area contributed by atoms with Gasteiger partial charge in [0, 0.05) is 6.61 Å². The fraction of sp³-hybridized carbons (Fsp3) is 0.571. The molecule has 1 aromatic carbocycles. The summed E-state index contributed by atoms with van der Waals surface area (Å²) in [5.74, 6) is 0.377. The summed E-state index contributed by atoms with van der Waals surface area (Å²) in [5.41, 5.74) is 2.21. The van der Waals surface area contributed by atoms with Crippen LogP contribution in [0.15, 0.2) is 24.3 Å². The van der Waals surface area contributed by atoms with E-state index in [-0.39, 0.29) is 12.7 Å². The number of aliphatic hydroxyl groups is 2. The Morgan fingerprint density at radius 2 is 1.62 bits per heavy atom. The zero-order chi connectivity index (χ0) is 12.0. The number of aliphatic hydroxyl groups excluding tert-OH is 2. The van der Waals surface area contributed by atoms with Gasteiger partial charge in [0.25, 0.3) is 0 Å². The molecular weight excluding hydrogens is 200 g/mol. The van der Waals surface area contributed by atoms with Gasteiger partial charge in [-0.15, -0.1) is 0 Å². The SMILES string of the molecule is CCCC(O)c1ccc(C(C)CCO)cc1. The van der Waals surface area contributed by atoms with E-state index in [4.69, 9.17) is 5.11 Å². The van der Waals surface area contributed by atoms with Crippen molar-refractivity contribution in [1.29, 1.82) is 0 Å². The molecule has 2 atom stereocenters. The molecule has 0 heterocycles. The summed E-state index contributed by atoms with van der Waals surface area (Å²) in [4.78, 5) is 0. The summed E-state index contributed by atoms with van der Waals surface area (Å²) in [6.45, 7) is 4.40. The molecule has 0 saturated carbocycles. The first-order chi connectivity index (χ1) is 7.69. The average molecular weight is 222 g/mol. The van der Waals surface area contributed by atoms with Crippen LogP contribution in [0.5, 0.6) is 0 Å². The van der Waals surface area contributed by atoms with Crippen LogP contribution >= 0.6 is 0 Å². The highest BCUT2D eigenvalue weighted by Crippen LogP contribution is 2.23. The van der Waals surface area contributed by atoms with E-state index in [1.807, 2.05) is 12.1 Å². The van der Waals surface area contributed by atoms with E-state index in [2.05, 4.69) is 26.0 Å². The molecule has 0 amide bonds. The molecular formula is C14H22O2. The Bertz CT molecular complexity index is 261. The van der Waals surface area contributed by atoms with Gasteiger partial charge in [0.05, 0.1) is 6.10 Å². The predicted octanol–water partition coefficient (Wildman–Crippen LogP) is 3.01. The smallest absolute Gasteiger partial charge is 0.0790 e. The maximum absolute atomic E-state index is 9.81. The third-order valence-corrected chi connectivity index (χ3v) is 3.01. The minimum Gasteiger partial charge on any atom is -0.396 e. The van der Waals surface area contributed by atoms with E-state index >= 15 is 0 Å². The van der Waals surface area contributed by atoms with Gasteiger partial charge in [-0.25, -0.2) is 0 Å². The monoisotopic (exact) mass is 222 g/mol. The summed E-state index contributed by atoms with van der Waals surface area (Å²) >= 11 is 0. The van der Waals surface area contributed by atoms with Crippen LogP contribution in [0.2, 0.25) is 0 Å². The quantitative estimate of drug-likeness (QED) is 0.776. The molecule has 2 unspecified atom stereocenters. The summed E-state index contributed by atoms with van der Waals surface area (Å²) in [6.07, 6.45) is 2.25. The van der Waals surface area contributed by atoms with Crippen molar-refractivity contribution in [3.8, 4) is 0 Å². The van der Waals surface area contributed by atoms with E-state index in [0.717, 1.165) is 24.8 Å². The van der Waals surface area contributed by atoms with Crippen LogP contribution in [0.3, 0.4) is 0 Å². The Morgan fingerprint density at radius 1 is 1.06 bits per heavy atom. The molecule has 0 saturated heterocycles. The van der Waals surface area contributed by atoms with Crippen LogP contribution < -0.4 is 0 Å². The van der Waals surface area contributed by atoms with Gasteiger partial charge in [0.15, 0.2) is 0 Å². The molecule has 2 nitrogen and oxygen atoms in total. The van der Waals surface area contributed by atoms with Crippen molar-refractivity contribution in [3.05, 3.63) is 35.4 Å². The summed E-state index contributed by atoms with van der Waals surface area (Å²) in [5, 5.41) is 18.7. The van der Waals surface area contributed by atoms with Gasteiger partial charge in [-0.05, 0) is 29.9 Å². The molecule has 0 bridgehead atoms. The van der Waals surface area contributed by atoms with Gasteiger partial charge >= 0.3 is 0 Å². The second-order valence-corrected chi connectivity index (χ2v) is 4.38. The second kappa shape index (κ2) is 6.66. The lowest BCUT2D eigenvalue weighted by molar-refractivity contribution is 0.166. The van der Waals surface area contributed by atoms with Crippen molar-refractivity contribution in [2.45, 2.75) is 45.1 Å². The first-order valence-electron chi connectivity index (χ1n) is 6.07. The van der Waals surface area contributed by atoms with E-state index < -0.39 is 0 Å². The van der Waals surface area contributed by atoms with E-state index in [1.165, 1.54) is 5.56 Å². The topological polar surface area (TPSA) is 40.5 Å². The molecule has 16 heavy (non-hydrogen) atoms. The van der Waals surface area contributed by atoms with Crippen LogP contribution in [-0.2, 0) is 0 Å². The molecule has 90 valence electrons. The van der Waals surface area contributed by atoms with Crippen molar-refractivity contribution in [1.82, 2.24) is 0 Å². The molecule has 0 fully saturated rings. The van der Waals surface area contributed by atoms with Gasteiger partial charge < -0.3 is 10.2 Å². The molecule has 2 N–H and O–H groups in total. The van der Waals surface area contributed by atoms with E-state index in [0.29, 0.717) is 5.92 Å². The Labute approximate surface area is 97.9 Å². The lowest BCUT2D eigenvalue weighted by Crippen LogP contribution is -1.99. The van der Waals surface area contributed by atoms with Gasteiger partial charge in [-0.3, -0.25) is 0 Å². The molecule has 0 aliphatic rings. The molecule has 0 aromatic heterocycles. The molecule has 1 rings (SSSR count). The van der Waals surface area contributed by atoms with Crippen molar-refractivity contribution < 1.29 is 10.2 Å². The Morgan fingerprint density at radius 3 is 2.12 bits per heavy atom. The van der Waals surface area contributed by atoms with Crippen LogP contribution in [0.25, 0.3) is 0 Å². The zero-order valence-electron chi connectivity index (χ0n) is 10.2. The lowest BCUT2D eigenvalue weighted by atomic mass is 9.95. The summed E-state index contributed by atoms with van der Waals surface area (Å²) < 4.78 is 0. The molecule has 0 spiro atoms. The molecule has 0 radical (unpaired) electrons. The number of rotatable bonds is 6. The molecule has 0 aliphatic carbocycles. The number of benzene rings is 1. The maximum atomic E-state index is 9.81. The van der Waals surface area contributed by atoms with Crippen molar-refractivity contribution in [3.63, 3.8) is 0 Å². The van der Waals surface area contributed by atoms with Crippen LogP contribution in [0, 0.1) is 0 Å². The fourth-order valence-electron chi connectivity index (χ4n) is 1.85. The Kier molecular flexibility index (Phi) is 5.50. The first-order valence-corrected chi connectivity index (χ1v) is 6.07. The molecule has 2 heteroatoms. The number of hydrogen-bond donors (Lipinski definition) is 2. The third kappa shape index (κ3) is 3.62. The molecule has 0 aliphatic heterocycles. The third-order valence-electron chi connectivity index (χ3n) is 3.01. The first kappa shape index (κ1) is 13.2. The summed E-state index contributed by atoms with van der Waals surface area (Å²) in [7, 11) is 0. The zero-order valence-corrected chi connectivity index (χ0v) is 10.2. The Balaban J connectivity index is 2.67. The fourth-order valence-corrected chi connectivity index (χ4v) is 1.85. The van der Waals surface area contributed by atoms with Crippen molar-refractivity contribution in [2.24, 2.45) is 0 Å². The highest BCUT2D eigenvalue weighted by Gasteiger charge is 2.08. The van der Waals surface area contributed by atoms with Crippen LogP contribution in [0.1, 0.15) is 56.3 Å². The predicted molar refractivity (Wildman–Crippen MR) is 66.4 cm³/mol. The normalized spacial score (nSPS) is 14.8. The summed E-state index contributed by atoms with van der Waals surface area (Å²) in [6, 6.07) is 8.08.